The van der Waals surface area contributed by atoms with Gasteiger partial charge < -0.3 is 13.9 Å². The number of pyridine rings is 1. The van der Waals surface area contributed by atoms with Gasteiger partial charge in [0, 0.05) is 12.7 Å². The van der Waals surface area contributed by atoms with Crippen molar-refractivity contribution in [2.45, 2.75) is 11.9 Å². The van der Waals surface area contributed by atoms with Crippen LogP contribution >= 0.6 is 11.8 Å². The predicted octanol–water partition coefficient (Wildman–Crippen LogP) is 4.30. The first-order chi connectivity index (χ1) is 15.1. The average molecular weight is 436 g/mol. The van der Waals surface area contributed by atoms with E-state index >= 15 is 0 Å². The van der Waals surface area contributed by atoms with Crippen molar-refractivity contribution < 1.29 is 23.5 Å². The fourth-order valence-corrected chi connectivity index (χ4v) is 3.86. The number of esters is 1. The van der Waals surface area contributed by atoms with Crippen molar-refractivity contribution in [1.82, 2.24) is 4.98 Å². The minimum atomic E-state index is -0.623. The molecule has 0 spiro atoms. The third-order valence-corrected chi connectivity index (χ3v) is 5.36. The van der Waals surface area contributed by atoms with Gasteiger partial charge in [-0.2, -0.15) is 5.26 Å². The molecule has 0 fully saturated rings. The molecule has 0 unspecified atom stereocenters. The molecule has 0 aliphatic carbocycles. The predicted molar refractivity (Wildman–Crippen MR) is 115 cm³/mol. The fourth-order valence-electron chi connectivity index (χ4n) is 2.93. The highest BCUT2D eigenvalue weighted by Crippen LogP contribution is 2.35. The van der Waals surface area contributed by atoms with Gasteiger partial charge in [-0.25, -0.2) is 9.78 Å². The van der Waals surface area contributed by atoms with Gasteiger partial charge >= 0.3 is 5.97 Å². The second kappa shape index (κ2) is 10.6. The van der Waals surface area contributed by atoms with Crippen LogP contribution in [-0.4, -0.2) is 42.8 Å². The van der Waals surface area contributed by atoms with Gasteiger partial charge in [-0.3, -0.25) is 4.79 Å². The Morgan fingerprint density at radius 2 is 1.94 bits per heavy atom. The minimum absolute atomic E-state index is 0.0658. The van der Waals surface area contributed by atoms with E-state index in [-0.39, 0.29) is 35.9 Å². The molecule has 3 aromatic rings. The number of ether oxygens (including phenoxy) is 2. The molecule has 2 heterocycles. The second-order valence-electron chi connectivity index (χ2n) is 6.42. The highest BCUT2D eigenvalue weighted by Gasteiger charge is 2.27. The number of thioether (sulfide) groups is 1. The Morgan fingerprint density at radius 3 is 2.58 bits per heavy atom. The summed E-state index contributed by atoms with van der Waals surface area (Å²) in [6.45, 7) is 1.97. The standard InChI is InChI=1S/C23H20N2O5S/c1-15-20(23(27)30-12-11-28-2)21(19-9-6-10-29-19)17(13-24)22(25-15)31-14-18(26)16-7-4-3-5-8-16/h3-10H,11-12,14H2,1-2H3. The first-order valence-corrected chi connectivity index (χ1v) is 10.4. The first-order valence-electron chi connectivity index (χ1n) is 9.42. The number of nitriles is 1. The van der Waals surface area contributed by atoms with Crippen LogP contribution in [0, 0.1) is 18.3 Å². The zero-order valence-electron chi connectivity index (χ0n) is 17.1. The Labute approximate surface area is 184 Å². The van der Waals surface area contributed by atoms with E-state index in [2.05, 4.69) is 11.1 Å². The number of carbonyl (C=O) groups is 2. The van der Waals surface area contributed by atoms with Crippen molar-refractivity contribution in [1.29, 1.82) is 5.26 Å². The normalized spacial score (nSPS) is 10.5. The molecule has 0 saturated heterocycles. The van der Waals surface area contributed by atoms with Crippen LogP contribution in [0.3, 0.4) is 0 Å². The zero-order chi connectivity index (χ0) is 22.2. The summed E-state index contributed by atoms with van der Waals surface area (Å²) in [5, 5.41) is 10.2. The van der Waals surface area contributed by atoms with E-state index in [9.17, 15) is 14.9 Å². The van der Waals surface area contributed by atoms with Crippen LogP contribution in [0.2, 0.25) is 0 Å². The molecule has 0 aliphatic heterocycles. The second-order valence-corrected chi connectivity index (χ2v) is 7.39. The zero-order valence-corrected chi connectivity index (χ0v) is 17.9. The van der Waals surface area contributed by atoms with Crippen molar-refractivity contribution in [3.05, 3.63) is 71.1 Å². The van der Waals surface area contributed by atoms with E-state index in [4.69, 9.17) is 13.9 Å². The summed E-state index contributed by atoms with van der Waals surface area (Å²) >= 11 is 1.15. The summed E-state index contributed by atoms with van der Waals surface area (Å²) in [4.78, 5) is 29.7. The maximum Gasteiger partial charge on any atom is 0.340 e. The van der Waals surface area contributed by atoms with Gasteiger partial charge in [-0.05, 0) is 19.1 Å². The number of Topliss-reactive ketones (excluding diaryl/α,β-unsaturated/α-hetero) is 1. The largest absolute Gasteiger partial charge is 0.464 e. The Balaban J connectivity index is 1.99. The molecule has 1 aromatic carbocycles. The summed E-state index contributed by atoms with van der Waals surface area (Å²) in [7, 11) is 1.51. The quantitative estimate of drug-likeness (QED) is 0.212. The lowest BCUT2D eigenvalue weighted by molar-refractivity contribution is 0.0387. The smallest absolute Gasteiger partial charge is 0.340 e. The molecular formula is C23H20N2O5S. The van der Waals surface area contributed by atoms with Crippen LogP contribution in [0.5, 0.6) is 0 Å². The number of aryl methyl sites for hydroxylation is 1. The van der Waals surface area contributed by atoms with Crippen LogP contribution in [0.25, 0.3) is 11.3 Å². The van der Waals surface area contributed by atoms with Gasteiger partial charge in [0.25, 0.3) is 0 Å². The lowest BCUT2D eigenvalue weighted by atomic mass is 9.99. The molecule has 0 N–H and O–H groups in total. The maximum atomic E-state index is 12.8. The van der Waals surface area contributed by atoms with Gasteiger partial charge in [-0.15, -0.1) is 0 Å². The molecule has 31 heavy (non-hydrogen) atoms. The monoisotopic (exact) mass is 436 g/mol. The highest BCUT2D eigenvalue weighted by molar-refractivity contribution is 8.00. The van der Waals surface area contributed by atoms with E-state index in [1.165, 1.54) is 13.4 Å². The van der Waals surface area contributed by atoms with E-state index in [1.807, 2.05) is 6.07 Å². The molecule has 0 aliphatic rings. The van der Waals surface area contributed by atoms with Crippen molar-refractivity contribution >= 4 is 23.5 Å². The minimum Gasteiger partial charge on any atom is -0.464 e. The van der Waals surface area contributed by atoms with E-state index in [0.717, 1.165) is 11.8 Å². The summed E-state index contributed by atoms with van der Waals surface area (Å²) in [5.74, 6) is -0.268. The summed E-state index contributed by atoms with van der Waals surface area (Å²) < 4.78 is 15.7. The van der Waals surface area contributed by atoms with Crippen LogP contribution in [0.1, 0.15) is 32.0 Å². The number of rotatable bonds is 9. The van der Waals surface area contributed by atoms with Gasteiger partial charge in [-0.1, -0.05) is 42.1 Å². The molecule has 0 amide bonds. The molecule has 0 saturated carbocycles. The Morgan fingerprint density at radius 1 is 1.16 bits per heavy atom. The van der Waals surface area contributed by atoms with E-state index in [0.29, 0.717) is 27.6 Å². The lowest BCUT2D eigenvalue weighted by Gasteiger charge is -2.15. The number of ketones is 1. The first kappa shape index (κ1) is 22.3. The van der Waals surface area contributed by atoms with Crippen molar-refractivity contribution in [3.63, 3.8) is 0 Å². The van der Waals surface area contributed by atoms with Crippen LogP contribution in [-0.2, 0) is 9.47 Å². The van der Waals surface area contributed by atoms with Gasteiger partial charge in [0.1, 0.15) is 23.5 Å². The van der Waals surface area contributed by atoms with Crippen LogP contribution in [0.4, 0.5) is 0 Å². The molecule has 3 rings (SSSR count). The van der Waals surface area contributed by atoms with Crippen LogP contribution in [0.15, 0.2) is 58.2 Å². The molecule has 2 aromatic heterocycles. The van der Waals surface area contributed by atoms with E-state index in [1.54, 1.807) is 43.3 Å². The SMILES string of the molecule is COCCOC(=O)c1c(C)nc(SCC(=O)c2ccccc2)c(C#N)c1-c1ccco1. The number of hydrogen-bond acceptors (Lipinski definition) is 8. The van der Waals surface area contributed by atoms with Crippen molar-refractivity contribution in [3.8, 4) is 17.4 Å². The number of aromatic nitrogens is 1. The Hall–Kier alpha value is -3.41. The lowest BCUT2D eigenvalue weighted by Crippen LogP contribution is -2.15. The molecular weight excluding hydrogens is 416 g/mol. The molecule has 0 atom stereocenters. The number of furan rings is 1. The summed E-state index contributed by atoms with van der Waals surface area (Å²) in [5.41, 5.74) is 1.57. The van der Waals surface area contributed by atoms with Crippen molar-refractivity contribution in [2.75, 3.05) is 26.1 Å². The molecule has 0 bridgehead atoms. The summed E-state index contributed by atoms with van der Waals surface area (Å²) in [6.07, 6.45) is 1.46. The number of hydrogen-bond donors (Lipinski definition) is 0. The average Bonchev–Trinajstić information content (AvgIpc) is 3.32. The molecule has 0 radical (unpaired) electrons. The molecule has 8 heteroatoms. The number of nitrogens with zero attached hydrogens (tertiary/aromatic N) is 2. The van der Waals surface area contributed by atoms with Gasteiger partial charge in [0.05, 0.1) is 41.0 Å². The number of methoxy groups -OCH3 is 1. The fraction of sp³-hybridized carbons (Fsp3) is 0.217. The van der Waals surface area contributed by atoms with Crippen molar-refractivity contribution in [2.24, 2.45) is 0 Å². The van der Waals surface area contributed by atoms with Crippen LogP contribution < -0.4 is 0 Å². The third kappa shape index (κ3) is 5.20. The molecule has 158 valence electrons. The Bertz CT molecular complexity index is 1110. The number of carbonyl (C=O) groups excluding carboxylic acids is 2. The van der Waals surface area contributed by atoms with Gasteiger partial charge in [0.2, 0.25) is 0 Å². The topological polar surface area (TPSA) is 102 Å². The third-order valence-electron chi connectivity index (χ3n) is 4.38. The maximum absolute atomic E-state index is 12.8. The highest BCUT2D eigenvalue weighted by atomic mass is 32.2. The number of benzene rings is 1. The van der Waals surface area contributed by atoms with E-state index < -0.39 is 5.97 Å². The summed E-state index contributed by atoms with van der Waals surface area (Å²) in [6, 6.07) is 14.3. The molecule has 7 nitrogen and oxygen atoms in total. The van der Waals surface area contributed by atoms with Gasteiger partial charge in [0.15, 0.2) is 5.78 Å². The Kier molecular flexibility index (Phi) is 7.60.